The molecule has 0 amide bonds. The van der Waals surface area contributed by atoms with Crippen LogP contribution in [0.5, 0.6) is 5.75 Å². The number of rotatable bonds is 5. The summed E-state index contributed by atoms with van der Waals surface area (Å²) in [6.07, 6.45) is 4.03. The summed E-state index contributed by atoms with van der Waals surface area (Å²) in [5.74, 6) is 1.64. The van der Waals surface area contributed by atoms with E-state index in [0.29, 0.717) is 24.2 Å². The Morgan fingerprint density at radius 1 is 1.29 bits per heavy atom. The molecule has 0 spiro atoms. The van der Waals surface area contributed by atoms with Crippen LogP contribution < -0.4 is 10.1 Å². The summed E-state index contributed by atoms with van der Waals surface area (Å²) in [6.45, 7) is 8.45. The molecule has 0 aliphatic carbocycles. The first-order valence-electron chi connectivity index (χ1n) is 8.31. The smallest absolute Gasteiger partial charge is 0.123 e. The van der Waals surface area contributed by atoms with E-state index < -0.39 is 0 Å². The van der Waals surface area contributed by atoms with Crippen LogP contribution in [0.4, 0.5) is 0 Å². The van der Waals surface area contributed by atoms with Gasteiger partial charge < -0.3 is 14.8 Å². The number of benzene rings is 1. The minimum atomic E-state index is 0.312. The predicted octanol–water partition coefficient (Wildman–Crippen LogP) is 3.48. The van der Waals surface area contributed by atoms with Gasteiger partial charge in [0, 0.05) is 18.4 Å². The minimum Gasteiger partial charge on any atom is -0.490 e. The van der Waals surface area contributed by atoms with Crippen molar-refractivity contribution >= 4 is 0 Å². The van der Waals surface area contributed by atoms with Gasteiger partial charge in [0.2, 0.25) is 0 Å². The van der Waals surface area contributed by atoms with E-state index in [1.54, 1.807) is 0 Å². The molecule has 2 aliphatic rings. The summed E-state index contributed by atoms with van der Waals surface area (Å²) in [7, 11) is 0. The standard InChI is InChI=1S/C18H27NO2/c1-4-7-19-18(16-8-12(2)20-11-16)14-5-6-17-15(10-14)9-13(3)21-17/h5-6,10,12-13,16,18-19H,4,7-9,11H2,1-3H3. The fraction of sp³-hybridized carbons (Fsp3) is 0.667. The lowest BCUT2D eigenvalue weighted by Crippen LogP contribution is -2.29. The van der Waals surface area contributed by atoms with Gasteiger partial charge in [0.15, 0.2) is 0 Å². The third kappa shape index (κ3) is 3.24. The summed E-state index contributed by atoms with van der Waals surface area (Å²) in [5.41, 5.74) is 2.75. The third-order valence-corrected chi connectivity index (χ3v) is 4.59. The summed E-state index contributed by atoms with van der Waals surface area (Å²) in [4.78, 5) is 0. The van der Waals surface area contributed by atoms with Gasteiger partial charge in [-0.15, -0.1) is 0 Å². The van der Waals surface area contributed by atoms with Crippen molar-refractivity contribution in [3.63, 3.8) is 0 Å². The fourth-order valence-electron chi connectivity index (χ4n) is 3.57. The second kappa shape index (κ2) is 6.37. The Bertz CT molecular complexity index is 488. The van der Waals surface area contributed by atoms with Crippen LogP contribution >= 0.6 is 0 Å². The quantitative estimate of drug-likeness (QED) is 0.900. The normalized spacial score (nSPS) is 29.2. The van der Waals surface area contributed by atoms with E-state index in [4.69, 9.17) is 9.47 Å². The van der Waals surface area contributed by atoms with Crippen molar-refractivity contribution < 1.29 is 9.47 Å². The maximum atomic E-state index is 5.82. The molecular formula is C18H27NO2. The summed E-state index contributed by atoms with van der Waals surface area (Å²) < 4.78 is 11.6. The van der Waals surface area contributed by atoms with E-state index in [1.165, 1.54) is 11.1 Å². The second-order valence-electron chi connectivity index (χ2n) is 6.57. The molecule has 1 aromatic rings. The topological polar surface area (TPSA) is 30.5 Å². The number of nitrogens with one attached hydrogen (secondary N) is 1. The van der Waals surface area contributed by atoms with Crippen molar-refractivity contribution in [1.82, 2.24) is 5.32 Å². The van der Waals surface area contributed by atoms with E-state index >= 15 is 0 Å². The van der Waals surface area contributed by atoms with Crippen LogP contribution in [0.25, 0.3) is 0 Å². The highest BCUT2D eigenvalue weighted by Crippen LogP contribution is 2.36. The molecule has 1 fully saturated rings. The third-order valence-electron chi connectivity index (χ3n) is 4.59. The molecular weight excluding hydrogens is 262 g/mol. The van der Waals surface area contributed by atoms with Crippen LogP contribution in [0.1, 0.15) is 50.8 Å². The molecule has 4 unspecified atom stereocenters. The number of hydrogen-bond acceptors (Lipinski definition) is 3. The number of hydrogen-bond donors (Lipinski definition) is 1. The lowest BCUT2D eigenvalue weighted by molar-refractivity contribution is 0.117. The Morgan fingerprint density at radius 3 is 2.86 bits per heavy atom. The van der Waals surface area contributed by atoms with Crippen LogP contribution in [0.3, 0.4) is 0 Å². The minimum absolute atomic E-state index is 0.312. The molecule has 0 bridgehead atoms. The Labute approximate surface area is 128 Å². The van der Waals surface area contributed by atoms with Crippen LogP contribution in [0.15, 0.2) is 18.2 Å². The molecule has 2 aliphatic heterocycles. The van der Waals surface area contributed by atoms with Crippen molar-refractivity contribution in [2.75, 3.05) is 13.2 Å². The van der Waals surface area contributed by atoms with Gasteiger partial charge in [-0.05, 0) is 50.4 Å². The van der Waals surface area contributed by atoms with Crippen molar-refractivity contribution in [3.8, 4) is 5.75 Å². The highest BCUT2D eigenvalue weighted by atomic mass is 16.5. The van der Waals surface area contributed by atoms with Gasteiger partial charge in [0.1, 0.15) is 11.9 Å². The van der Waals surface area contributed by atoms with Gasteiger partial charge in [-0.1, -0.05) is 19.1 Å². The summed E-state index contributed by atoms with van der Waals surface area (Å²) in [6, 6.07) is 7.12. The SMILES string of the molecule is CCCNC(c1ccc2c(c1)CC(C)O2)C1COC(C)C1. The van der Waals surface area contributed by atoms with Gasteiger partial charge in [-0.3, -0.25) is 0 Å². The fourth-order valence-corrected chi connectivity index (χ4v) is 3.57. The number of ether oxygens (including phenoxy) is 2. The zero-order chi connectivity index (χ0) is 14.8. The predicted molar refractivity (Wildman–Crippen MR) is 84.8 cm³/mol. The van der Waals surface area contributed by atoms with E-state index in [2.05, 4.69) is 44.3 Å². The Morgan fingerprint density at radius 2 is 2.14 bits per heavy atom. The van der Waals surface area contributed by atoms with E-state index in [1.807, 2.05) is 0 Å². The first-order chi connectivity index (χ1) is 10.2. The zero-order valence-electron chi connectivity index (χ0n) is 13.4. The van der Waals surface area contributed by atoms with Crippen molar-refractivity contribution in [1.29, 1.82) is 0 Å². The molecule has 0 aromatic heterocycles. The van der Waals surface area contributed by atoms with Gasteiger partial charge in [0.05, 0.1) is 12.7 Å². The van der Waals surface area contributed by atoms with Crippen LogP contribution in [0.2, 0.25) is 0 Å². The number of fused-ring (bicyclic) bond motifs is 1. The average Bonchev–Trinajstić information content (AvgIpc) is 3.04. The van der Waals surface area contributed by atoms with E-state index in [-0.39, 0.29) is 0 Å². The van der Waals surface area contributed by atoms with E-state index in [9.17, 15) is 0 Å². The maximum Gasteiger partial charge on any atom is 0.123 e. The van der Waals surface area contributed by atoms with Crippen LogP contribution in [0, 0.1) is 5.92 Å². The molecule has 0 saturated carbocycles. The molecule has 0 radical (unpaired) electrons. The molecule has 21 heavy (non-hydrogen) atoms. The van der Waals surface area contributed by atoms with Crippen LogP contribution in [-0.2, 0) is 11.2 Å². The first-order valence-corrected chi connectivity index (χ1v) is 8.31. The molecule has 3 rings (SSSR count). The molecule has 116 valence electrons. The molecule has 1 N–H and O–H groups in total. The van der Waals surface area contributed by atoms with Gasteiger partial charge in [-0.25, -0.2) is 0 Å². The monoisotopic (exact) mass is 289 g/mol. The lowest BCUT2D eigenvalue weighted by atomic mass is 9.89. The second-order valence-corrected chi connectivity index (χ2v) is 6.57. The Kier molecular flexibility index (Phi) is 4.51. The van der Waals surface area contributed by atoms with Gasteiger partial charge in [0.25, 0.3) is 0 Å². The van der Waals surface area contributed by atoms with Gasteiger partial charge in [-0.2, -0.15) is 0 Å². The largest absolute Gasteiger partial charge is 0.490 e. The molecule has 4 atom stereocenters. The highest BCUT2D eigenvalue weighted by Gasteiger charge is 2.31. The summed E-state index contributed by atoms with van der Waals surface area (Å²) in [5, 5.41) is 3.73. The van der Waals surface area contributed by atoms with Crippen LogP contribution in [-0.4, -0.2) is 25.4 Å². The lowest BCUT2D eigenvalue weighted by Gasteiger charge is -2.25. The van der Waals surface area contributed by atoms with Gasteiger partial charge >= 0.3 is 0 Å². The van der Waals surface area contributed by atoms with Crippen molar-refractivity contribution in [3.05, 3.63) is 29.3 Å². The van der Waals surface area contributed by atoms with Crippen molar-refractivity contribution in [2.45, 2.75) is 58.3 Å². The maximum absolute atomic E-state index is 5.82. The first kappa shape index (κ1) is 14.9. The molecule has 1 aromatic carbocycles. The average molecular weight is 289 g/mol. The zero-order valence-corrected chi connectivity index (χ0v) is 13.4. The Hall–Kier alpha value is -1.06. The molecule has 2 heterocycles. The highest BCUT2D eigenvalue weighted by molar-refractivity contribution is 5.41. The molecule has 3 heteroatoms. The molecule has 1 saturated heterocycles. The summed E-state index contributed by atoms with van der Waals surface area (Å²) >= 11 is 0. The Balaban J connectivity index is 1.81. The van der Waals surface area contributed by atoms with E-state index in [0.717, 1.165) is 38.2 Å². The van der Waals surface area contributed by atoms with Crippen molar-refractivity contribution in [2.24, 2.45) is 5.92 Å². The molecule has 3 nitrogen and oxygen atoms in total.